The molecule has 1 aliphatic rings. The zero-order chi connectivity index (χ0) is 17.2. The first kappa shape index (κ1) is 17.5. The minimum absolute atomic E-state index is 0.317. The standard InChI is InChI=1S/C18H19Cl2FN2O/c1-24-17-7-4-14(10-16(17)20)18(12-22-8-9-23(18)21)11-13-2-5-15(19)6-3-13/h2-7,10,22H,8-9,11-12H2,1H3. The molecule has 3 rings (SSSR count). The van der Waals surface area contributed by atoms with Crippen molar-refractivity contribution in [3.63, 3.8) is 0 Å². The fourth-order valence-electron chi connectivity index (χ4n) is 3.16. The first-order valence-corrected chi connectivity index (χ1v) is 8.53. The zero-order valence-electron chi connectivity index (χ0n) is 13.4. The van der Waals surface area contributed by atoms with Crippen molar-refractivity contribution < 1.29 is 9.22 Å². The molecule has 128 valence electrons. The molecule has 2 aromatic rings. The number of hydrogen-bond donors (Lipinski definition) is 1. The maximum Gasteiger partial charge on any atom is 0.137 e. The van der Waals surface area contributed by atoms with E-state index in [4.69, 9.17) is 27.9 Å². The predicted molar refractivity (Wildman–Crippen MR) is 95.5 cm³/mol. The van der Waals surface area contributed by atoms with Crippen molar-refractivity contribution in [1.82, 2.24) is 10.4 Å². The fourth-order valence-corrected chi connectivity index (χ4v) is 3.54. The van der Waals surface area contributed by atoms with Crippen LogP contribution in [0.2, 0.25) is 10.0 Å². The van der Waals surface area contributed by atoms with Crippen LogP contribution in [-0.4, -0.2) is 31.9 Å². The van der Waals surface area contributed by atoms with Gasteiger partial charge in [-0.3, -0.25) is 0 Å². The number of nitrogens with one attached hydrogen (secondary N) is 1. The van der Waals surface area contributed by atoms with Crippen LogP contribution in [0.5, 0.6) is 5.75 Å². The van der Waals surface area contributed by atoms with Crippen molar-refractivity contribution in [3.05, 3.63) is 63.6 Å². The number of benzene rings is 2. The molecular formula is C18H19Cl2FN2O. The molecule has 0 aliphatic carbocycles. The monoisotopic (exact) mass is 368 g/mol. The average Bonchev–Trinajstić information content (AvgIpc) is 2.59. The highest BCUT2D eigenvalue weighted by atomic mass is 35.5. The Labute approximate surface area is 151 Å². The van der Waals surface area contributed by atoms with Gasteiger partial charge < -0.3 is 10.1 Å². The molecule has 1 fully saturated rings. The Hall–Kier alpha value is -1.33. The smallest absolute Gasteiger partial charge is 0.137 e. The number of rotatable bonds is 4. The lowest BCUT2D eigenvalue weighted by Gasteiger charge is -2.43. The van der Waals surface area contributed by atoms with Gasteiger partial charge in [-0.2, -0.15) is 0 Å². The number of piperazine rings is 1. The van der Waals surface area contributed by atoms with Gasteiger partial charge in [-0.25, -0.2) is 0 Å². The first-order valence-electron chi connectivity index (χ1n) is 7.78. The molecule has 1 aliphatic heterocycles. The van der Waals surface area contributed by atoms with Crippen molar-refractivity contribution in [2.24, 2.45) is 0 Å². The fraction of sp³-hybridized carbons (Fsp3) is 0.333. The highest BCUT2D eigenvalue weighted by Gasteiger charge is 2.42. The molecular weight excluding hydrogens is 350 g/mol. The van der Waals surface area contributed by atoms with Crippen LogP contribution in [0.1, 0.15) is 11.1 Å². The quantitative estimate of drug-likeness (QED) is 0.817. The molecule has 24 heavy (non-hydrogen) atoms. The Bertz CT molecular complexity index is 711. The summed E-state index contributed by atoms with van der Waals surface area (Å²) < 4.78 is 20.2. The van der Waals surface area contributed by atoms with Gasteiger partial charge in [0.25, 0.3) is 0 Å². The van der Waals surface area contributed by atoms with Gasteiger partial charge in [-0.15, -0.1) is 9.60 Å². The second kappa shape index (κ2) is 7.28. The summed E-state index contributed by atoms with van der Waals surface area (Å²) in [6, 6.07) is 12.9. The van der Waals surface area contributed by atoms with Crippen LogP contribution in [0.3, 0.4) is 0 Å². The summed E-state index contributed by atoms with van der Waals surface area (Å²) in [6.45, 7) is 1.43. The van der Waals surface area contributed by atoms with Gasteiger partial charge >= 0.3 is 0 Å². The summed E-state index contributed by atoms with van der Waals surface area (Å²) in [5, 5.41) is 5.36. The number of hydrogen-bond acceptors (Lipinski definition) is 3. The Kier molecular flexibility index (Phi) is 5.30. The minimum atomic E-state index is -0.817. The molecule has 1 atom stereocenters. The lowest BCUT2D eigenvalue weighted by Crippen LogP contribution is -2.57. The summed E-state index contributed by atoms with van der Waals surface area (Å²) in [4.78, 5) is 0. The topological polar surface area (TPSA) is 24.5 Å². The highest BCUT2D eigenvalue weighted by molar-refractivity contribution is 6.32. The maximum absolute atomic E-state index is 15.0. The van der Waals surface area contributed by atoms with E-state index in [2.05, 4.69) is 5.32 Å². The number of ether oxygens (including phenoxy) is 1. The molecule has 0 spiro atoms. The Balaban J connectivity index is 2.02. The third-order valence-electron chi connectivity index (χ3n) is 4.47. The van der Waals surface area contributed by atoms with Crippen LogP contribution in [0.15, 0.2) is 42.5 Å². The minimum Gasteiger partial charge on any atom is -0.495 e. The molecule has 3 nitrogen and oxygen atoms in total. The summed E-state index contributed by atoms with van der Waals surface area (Å²) in [7, 11) is 1.56. The van der Waals surface area contributed by atoms with Crippen molar-refractivity contribution in [2.45, 2.75) is 12.0 Å². The van der Waals surface area contributed by atoms with Gasteiger partial charge in [0.15, 0.2) is 0 Å². The van der Waals surface area contributed by atoms with Crippen molar-refractivity contribution in [1.29, 1.82) is 0 Å². The van der Waals surface area contributed by atoms with Gasteiger partial charge in [0.2, 0.25) is 0 Å². The second-order valence-electron chi connectivity index (χ2n) is 5.95. The van der Waals surface area contributed by atoms with E-state index in [-0.39, 0.29) is 0 Å². The Morgan fingerprint density at radius 1 is 1.21 bits per heavy atom. The number of halogens is 3. The SMILES string of the molecule is COc1ccc(C2(Cc3ccc(Cl)cc3)CNCCN2F)cc1Cl. The highest BCUT2D eigenvalue weighted by Crippen LogP contribution is 2.37. The van der Waals surface area contributed by atoms with E-state index >= 15 is 0 Å². The zero-order valence-corrected chi connectivity index (χ0v) is 14.9. The van der Waals surface area contributed by atoms with Gasteiger partial charge in [0, 0.05) is 24.7 Å². The van der Waals surface area contributed by atoms with E-state index < -0.39 is 5.54 Å². The van der Waals surface area contributed by atoms with E-state index in [9.17, 15) is 4.48 Å². The number of methoxy groups -OCH3 is 1. The lowest BCUT2D eigenvalue weighted by atomic mass is 9.82. The Morgan fingerprint density at radius 3 is 2.58 bits per heavy atom. The Morgan fingerprint density at radius 2 is 1.96 bits per heavy atom. The average molecular weight is 369 g/mol. The van der Waals surface area contributed by atoms with Crippen LogP contribution in [0.4, 0.5) is 4.48 Å². The van der Waals surface area contributed by atoms with Gasteiger partial charge in [0.1, 0.15) is 5.75 Å². The molecule has 0 saturated carbocycles. The van der Waals surface area contributed by atoms with E-state index in [0.717, 1.165) is 16.2 Å². The second-order valence-corrected chi connectivity index (χ2v) is 6.79. The molecule has 0 bridgehead atoms. The van der Waals surface area contributed by atoms with E-state index in [1.165, 1.54) is 0 Å². The molecule has 1 N–H and O–H groups in total. The predicted octanol–water partition coefficient (Wildman–Crippen LogP) is 4.23. The normalized spacial score (nSPS) is 21.7. The van der Waals surface area contributed by atoms with Gasteiger partial charge in [-0.05, 0) is 41.8 Å². The molecule has 0 radical (unpaired) electrons. The summed E-state index contributed by atoms with van der Waals surface area (Å²) in [6.07, 6.45) is 0.510. The summed E-state index contributed by atoms with van der Waals surface area (Å²) in [5.74, 6) is 0.580. The van der Waals surface area contributed by atoms with Crippen molar-refractivity contribution in [3.8, 4) is 5.75 Å². The first-order chi connectivity index (χ1) is 11.5. The van der Waals surface area contributed by atoms with Crippen molar-refractivity contribution >= 4 is 23.2 Å². The van der Waals surface area contributed by atoms with Crippen LogP contribution in [0, 0.1) is 0 Å². The van der Waals surface area contributed by atoms with Crippen LogP contribution >= 0.6 is 23.2 Å². The molecule has 2 aromatic carbocycles. The third kappa shape index (κ3) is 3.38. The molecule has 1 unspecified atom stereocenters. The van der Waals surface area contributed by atoms with Gasteiger partial charge in [0.05, 0.1) is 17.7 Å². The van der Waals surface area contributed by atoms with Crippen LogP contribution < -0.4 is 10.1 Å². The third-order valence-corrected chi connectivity index (χ3v) is 5.01. The van der Waals surface area contributed by atoms with Crippen LogP contribution in [-0.2, 0) is 12.0 Å². The van der Waals surface area contributed by atoms with Crippen molar-refractivity contribution in [2.75, 3.05) is 26.7 Å². The maximum atomic E-state index is 15.0. The lowest BCUT2D eigenvalue weighted by molar-refractivity contribution is -0.104. The van der Waals surface area contributed by atoms with E-state index in [0.29, 0.717) is 41.8 Å². The summed E-state index contributed by atoms with van der Waals surface area (Å²) >= 11 is 12.2. The molecule has 1 heterocycles. The largest absolute Gasteiger partial charge is 0.495 e. The molecule has 1 saturated heterocycles. The molecule has 0 amide bonds. The molecule has 6 heteroatoms. The van der Waals surface area contributed by atoms with E-state index in [1.54, 1.807) is 19.2 Å². The molecule has 0 aromatic heterocycles. The van der Waals surface area contributed by atoms with Crippen LogP contribution in [0.25, 0.3) is 0 Å². The van der Waals surface area contributed by atoms with Gasteiger partial charge in [-0.1, -0.05) is 41.4 Å². The van der Waals surface area contributed by atoms with E-state index in [1.807, 2.05) is 30.3 Å². The number of nitrogens with zero attached hydrogens (tertiary/aromatic N) is 1. The summed E-state index contributed by atoms with van der Waals surface area (Å²) in [5.41, 5.74) is 1.01.